The number of halogens is 2. The topological polar surface area (TPSA) is 73.1 Å². The van der Waals surface area contributed by atoms with Crippen molar-refractivity contribution in [2.24, 2.45) is 0 Å². The quantitative estimate of drug-likeness (QED) is 0.752. The van der Waals surface area contributed by atoms with Crippen LogP contribution in [0.3, 0.4) is 0 Å². The van der Waals surface area contributed by atoms with Gasteiger partial charge in [0.1, 0.15) is 10.4 Å². The second kappa shape index (κ2) is 3.18. The van der Waals surface area contributed by atoms with E-state index in [2.05, 4.69) is 30.9 Å². The van der Waals surface area contributed by atoms with Crippen LogP contribution in [0.15, 0.2) is 26.1 Å². The number of hydrogen-bond donors (Lipinski definition) is 0. The molecule has 0 unspecified atom stereocenters. The summed E-state index contributed by atoms with van der Waals surface area (Å²) < 4.78 is 27.1. The zero-order valence-corrected chi connectivity index (χ0v) is 9.60. The van der Waals surface area contributed by atoms with Crippen LogP contribution >= 0.6 is 26.6 Å². The number of rotatable bonds is 1. The second-order valence-electron chi connectivity index (χ2n) is 2.45. The van der Waals surface area contributed by atoms with Crippen LogP contribution in [0.1, 0.15) is 0 Å². The highest BCUT2D eigenvalue weighted by atomic mass is 79.9. The molecule has 5 nitrogen and oxygen atoms in total. The molecule has 0 aliphatic heterocycles. The van der Waals surface area contributed by atoms with E-state index in [1.54, 1.807) is 6.07 Å². The molecule has 14 heavy (non-hydrogen) atoms. The van der Waals surface area contributed by atoms with E-state index in [1.165, 1.54) is 6.07 Å². The number of aromatic nitrogens is 2. The van der Waals surface area contributed by atoms with Crippen LogP contribution < -0.4 is 0 Å². The third-order valence-corrected chi connectivity index (χ3v) is 3.86. The molecule has 2 rings (SSSR count). The number of fused-ring (bicyclic) bond motifs is 1. The first-order chi connectivity index (χ1) is 6.50. The van der Waals surface area contributed by atoms with Crippen molar-refractivity contribution in [1.82, 2.24) is 10.3 Å². The van der Waals surface area contributed by atoms with Gasteiger partial charge in [0.15, 0.2) is 5.52 Å². The number of hydrogen-bond acceptors (Lipinski definition) is 5. The molecule has 0 spiro atoms. The minimum absolute atomic E-state index is 0.120. The van der Waals surface area contributed by atoms with Crippen LogP contribution in [-0.2, 0) is 9.05 Å². The standard InChI is InChI=1S/C6H2BrClN2O3S/c7-3-1-2-4-5(10-13-9-4)6(3)14(8,11)12/h1-2H. The Kier molecular flexibility index (Phi) is 2.24. The lowest BCUT2D eigenvalue weighted by molar-refractivity contribution is 0.315. The Bertz CT molecular complexity index is 594. The van der Waals surface area contributed by atoms with Gasteiger partial charge in [-0.05, 0) is 38.4 Å². The van der Waals surface area contributed by atoms with E-state index in [-0.39, 0.29) is 10.4 Å². The summed E-state index contributed by atoms with van der Waals surface area (Å²) in [4.78, 5) is -0.127. The van der Waals surface area contributed by atoms with E-state index in [4.69, 9.17) is 10.7 Å². The molecule has 0 N–H and O–H groups in total. The molecule has 0 aliphatic carbocycles. The molecular formula is C6H2BrClN2O3S. The Labute approximate surface area is 91.5 Å². The summed E-state index contributed by atoms with van der Waals surface area (Å²) >= 11 is 3.06. The Hall–Kier alpha value is -0.660. The van der Waals surface area contributed by atoms with Gasteiger partial charge in [-0.2, -0.15) is 0 Å². The first kappa shape index (κ1) is 9.88. The molecule has 74 valence electrons. The van der Waals surface area contributed by atoms with Gasteiger partial charge in [0.2, 0.25) is 0 Å². The number of benzene rings is 1. The molecule has 0 amide bonds. The molecule has 2 aromatic rings. The summed E-state index contributed by atoms with van der Waals surface area (Å²) in [6.45, 7) is 0. The van der Waals surface area contributed by atoms with Crippen LogP contribution in [0.5, 0.6) is 0 Å². The molecule has 1 aromatic heterocycles. The van der Waals surface area contributed by atoms with Crippen molar-refractivity contribution < 1.29 is 13.0 Å². The number of nitrogens with zero attached hydrogens (tertiary/aromatic N) is 2. The summed E-state index contributed by atoms with van der Waals surface area (Å²) in [7, 11) is 1.37. The van der Waals surface area contributed by atoms with Gasteiger partial charge < -0.3 is 0 Å². The Morgan fingerprint density at radius 1 is 1.36 bits per heavy atom. The largest absolute Gasteiger partial charge is 0.264 e. The van der Waals surface area contributed by atoms with E-state index < -0.39 is 9.05 Å². The minimum atomic E-state index is -3.87. The van der Waals surface area contributed by atoms with E-state index in [9.17, 15) is 8.42 Å². The van der Waals surface area contributed by atoms with E-state index in [1.807, 2.05) is 0 Å². The Balaban J connectivity index is 2.98. The first-order valence-corrected chi connectivity index (χ1v) is 6.46. The predicted molar refractivity (Wildman–Crippen MR) is 52.5 cm³/mol. The van der Waals surface area contributed by atoms with Crippen molar-refractivity contribution in [2.45, 2.75) is 4.90 Å². The Morgan fingerprint density at radius 3 is 2.71 bits per heavy atom. The van der Waals surface area contributed by atoms with Crippen molar-refractivity contribution in [3.05, 3.63) is 16.6 Å². The average molecular weight is 298 g/mol. The summed E-state index contributed by atoms with van der Waals surface area (Å²) in [5.74, 6) is 0. The van der Waals surface area contributed by atoms with Gasteiger partial charge in [-0.15, -0.1) is 0 Å². The van der Waals surface area contributed by atoms with E-state index >= 15 is 0 Å². The normalized spacial score (nSPS) is 12.1. The fourth-order valence-corrected chi connectivity index (χ4v) is 3.42. The maximum atomic E-state index is 11.2. The van der Waals surface area contributed by atoms with Gasteiger partial charge in [-0.3, -0.25) is 0 Å². The molecule has 0 radical (unpaired) electrons. The summed E-state index contributed by atoms with van der Waals surface area (Å²) in [6.07, 6.45) is 0. The molecule has 0 saturated heterocycles. The highest BCUT2D eigenvalue weighted by molar-refractivity contribution is 9.10. The summed E-state index contributed by atoms with van der Waals surface area (Å²) in [5.41, 5.74) is 0.460. The van der Waals surface area contributed by atoms with Crippen molar-refractivity contribution in [1.29, 1.82) is 0 Å². The van der Waals surface area contributed by atoms with Crippen LogP contribution in [-0.4, -0.2) is 18.7 Å². The van der Waals surface area contributed by atoms with Crippen molar-refractivity contribution in [2.75, 3.05) is 0 Å². The van der Waals surface area contributed by atoms with Gasteiger partial charge in [-0.25, -0.2) is 13.0 Å². The third-order valence-electron chi connectivity index (χ3n) is 1.58. The van der Waals surface area contributed by atoms with Crippen LogP contribution in [0.2, 0.25) is 0 Å². The maximum absolute atomic E-state index is 11.2. The van der Waals surface area contributed by atoms with Crippen LogP contribution in [0, 0.1) is 0 Å². The lowest BCUT2D eigenvalue weighted by Gasteiger charge is -1.98. The zero-order valence-electron chi connectivity index (χ0n) is 6.44. The highest BCUT2D eigenvalue weighted by Gasteiger charge is 2.21. The van der Waals surface area contributed by atoms with E-state index in [0.717, 1.165) is 0 Å². The van der Waals surface area contributed by atoms with Gasteiger partial charge >= 0.3 is 0 Å². The van der Waals surface area contributed by atoms with Crippen molar-refractivity contribution >= 4 is 46.7 Å². The molecular weight excluding hydrogens is 296 g/mol. The minimum Gasteiger partial charge on any atom is -0.243 e. The molecule has 0 fully saturated rings. The summed E-state index contributed by atoms with van der Waals surface area (Å²) in [5, 5.41) is 6.97. The van der Waals surface area contributed by atoms with Gasteiger partial charge in [0, 0.05) is 15.2 Å². The van der Waals surface area contributed by atoms with Crippen LogP contribution in [0.25, 0.3) is 11.0 Å². The van der Waals surface area contributed by atoms with Gasteiger partial charge in [-0.1, -0.05) is 0 Å². The fraction of sp³-hybridized carbons (Fsp3) is 0. The Morgan fingerprint density at radius 2 is 2.07 bits per heavy atom. The fourth-order valence-electron chi connectivity index (χ4n) is 1.04. The molecule has 8 heteroatoms. The predicted octanol–water partition coefficient (Wildman–Crippen LogP) is 1.91. The molecule has 0 saturated carbocycles. The monoisotopic (exact) mass is 296 g/mol. The second-order valence-corrected chi connectivity index (χ2v) is 5.80. The van der Waals surface area contributed by atoms with Crippen molar-refractivity contribution in [3.63, 3.8) is 0 Å². The molecule has 0 atom stereocenters. The lowest BCUT2D eigenvalue weighted by atomic mass is 10.3. The third kappa shape index (κ3) is 1.51. The van der Waals surface area contributed by atoms with Crippen molar-refractivity contribution in [3.8, 4) is 0 Å². The first-order valence-electron chi connectivity index (χ1n) is 3.35. The van der Waals surface area contributed by atoms with Crippen LogP contribution in [0.4, 0.5) is 0 Å². The summed E-state index contributed by atoms with van der Waals surface area (Å²) in [6, 6.07) is 3.09. The SMILES string of the molecule is O=S(=O)(Cl)c1c(Br)ccc2nonc12. The maximum Gasteiger partial charge on any atom is 0.264 e. The van der Waals surface area contributed by atoms with E-state index in [0.29, 0.717) is 9.99 Å². The molecule has 0 bridgehead atoms. The van der Waals surface area contributed by atoms with Gasteiger partial charge in [0.25, 0.3) is 9.05 Å². The average Bonchev–Trinajstić information content (AvgIpc) is 2.48. The highest BCUT2D eigenvalue weighted by Crippen LogP contribution is 2.30. The smallest absolute Gasteiger partial charge is 0.243 e. The zero-order chi connectivity index (χ0) is 10.3. The lowest BCUT2D eigenvalue weighted by Crippen LogP contribution is -1.93. The molecule has 1 heterocycles. The van der Waals surface area contributed by atoms with Gasteiger partial charge in [0.05, 0.1) is 0 Å². The molecule has 0 aliphatic rings. The molecule has 1 aromatic carbocycles.